The van der Waals surface area contributed by atoms with Gasteiger partial charge in [0.25, 0.3) is 0 Å². The van der Waals surface area contributed by atoms with Gasteiger partial charge in [0.05, 0.1) is 6.10 Å². The maximum Gasteiger partial charge on any atom is 0.0670 e. The monoisotopic (exact) mass is 230 g/mol. The molecule has 0 aromatic rings. The molecule has 1 saturated heterocycles. The van der Waals surface area contributed by atoms with Crippen LogP contribution in [0.3, 0.4) is 0 Å². The summed E-state index contributed by atoms with van der Waals surface area (Å²) in [5, 5.41) is 0. The zero-order valence-corrected chi connectivity index (χ0v) is 10.9. The van der Waals surface area contributed by atoms with Crippen LogP contribution in [0, 0.1) is 0 Å². The second-order valence-electron chi connectivity index (χ2n) is 4.53. The van der Waals surface area contributed by atoms with Gasteiger partial charge in [-0.25, -0.2) is 0 Å². The van der Waals surface area contributed by atoms with Gasteiger partial charge in [-0.05, 0) is 13.3 Å². The molecular formula is C12H26N2O2. The summed E-state index contributed by atoms with van der Waals surface area (Å²) in [4.78, 5) is 5.01. The summed E-state index contributed by atoms with van der Waals surface area (Å²) in [6.45, 7) is 9.93. The number of rotatable bonds is 7. The molecule has 16 heavy (non-hydrogen) atoms. The van der Waals surface area contributed by atoms with Crippen molar-refractivity contribution in [2.75, 3.05) is 60.1 Å². The molecule has 0 bridgehead atoms. The fraction of sp³-hybridized carbons (Fsp3) is 1.00. The normalized spacial score (nSPS) is 21.2. The highest BCUT2D eigenvalue weighted by Gasteiger charge is 2.17. The summed E-state index contributed by atoms with van der Waals surface area (Å²) < 4.78 is 10.4. The van der Waals surface area contributed by atoms with Crippen molar-refractivity contribution in [2.45, 2.75) is 19.4 Å². The van der Waals surface area contributed by atoms with E-state index in [0.717, 1.165) is 19.6 Å². The molecule has 0 radical (unpaired) electrons. The second kappa shape index (κ2) is 8.01. The van der Waals surface area contributed by atoms with Gasteiger partial charge < -0.3 is 14.4 Å². The van der Waals surface area contributed by atoms with E-state index in [1.807, 2.05) is 0 Å². The molecule has 0 spiro atoms. The summed E-state index contributed by atoms with van der Waals surface area (Å²) in [5.41, 5.74) is 0. The number of methoxy groups -OCH3 is 2. The standard InChI is InChI=1S/C12H26N2O2/c1-12(16-3)11-14-8-6-13(7-9-14)5-4-10-15-2/h12H,4-11H2,1-3H3. The predicted octanol–water partition coefficient (Wildman–Crippen LogP) is 0.675. The molecule has 1 heterocycles. The van der Waals surface area contributed by atoms with Crippen LogP contribution in [-0.4, -0.2) is 76.0 Å². The second-order valence-corrected chi connectivity index (χ2v) is 4.53. The third-order valence-electron chi connectivity index (χ3n) is 3.21. The lowest BCUT2D eigenvalue weighted by molar-refractivity contribution is 0.0506. The van der Waals surface area contributed by atoms with Crippen LogP contribution in [0.2, 0.25) is 0 Å². The number of piperazine rings is 1. The van der Waals surface area contributed by atoms with Crippen LogP contribution in [0.15, 0.2) is 0 Å². The average molecular weight is 230 g/mol. The Morgan fingerprint density at radius 1 is 1.06 bits per heavy atom. The molecule has 0 aromatic heterocycles. The lowest BCUT2D eigenvalue weighted by Gasteiger charge is -2.35. The van der Waals surface area contributed by atoms with Gasteiger partial charge in [-0.3, -0.25) is 4.90 Å². The topological polar surface area (TPSA) is 24.9 Å². The highest BCUT2D eigenvalue weighted by Crippen LogP contribution is 2.04. The lowest BCUT2D eigenvalue weighted by atomic mass is 10.2. The molecule has 1 rings (SSSR count). The molecule has 1 aliphatic rings. The van der Waals surface area contributed by atoms with E-state index in [1.54, 1.807) is 14.2 Å². The van der Waals surface area contributed by atoms with Gasteiger partial charge in [0.15, 0.2) is 0 Å². The first-order valence-corrected chi connectivity index (χ1v) is 6.22. The summed E-state index contributed by atoms with van der Waals surface area (Å²) in [7, 11) is 3.55. The zero-order valence-electron chi connectivity index (χ0n) is 10.9. The quantitative estimate of drug-likeness (QED) is 0.600. The van der Waals surface area contributed by atoms with E-state index in [2.05, 4.69) is 16.7 Å². The van der Waals surface area contributed by atoms with Crippen LogP contribution in [0.5, 0.6) is 0 Å². The van der Waals surface area contributed by atoms with Crippen molar-refractivity contribution < 1.29 is 9.47 Å². The van der Waals surface area contributed by atoms with Crippen molar-refractivity contribution in [3.63, 3.8) is 0 Å². The molecule has 4 nitrogen and oxygen atoms in total. The van der Waals surface area contributed by atoms with Crippen molar-refractivity contribution in [1.29, 1.82) is 0 Å². The van der Waals surface area contributed by atoms with Crippen molar-refractivity contribution in [2.24, 2.45) is 0 Å². The van der Waals surface area contributed by atoms with E-state index in [4.69, 9.17) is 9.47 Å². The molecule has 96 valence electrons. The van der Waals surface area contributed by atoms with Gasteiger partial charge in [0, 0.05) is 60.1 Å². The maximum absolute atomic E-state index is 5.29. The molecule has 0 amide bonds. The molecule has 0 N–H and O–H groups in total. The van der Waals surface area contributed by atoms with Gasteiger partial charge in [0.1, 0.15) is 0 Å². The number of nitrogens with zero attached hydrogens (tertiary/aromatic N) is 2. The third kappa shape index (κ3) is 5.25. The predicted molar refractivity (Wildman–Crippen MR) is 65.8 cm³/mol. The minimum absolute atomic E-state index is 0.347. The van der Waals surface area contributed by atoms with Gasteiger partial charge >= 0.3 is 0 Å². The number of hydrogen-bond acceptors (Lipinski definition) is 4. The summed E-state index contributed by atoms with van der Waals surface area (Å²) in [5.74, 6) is 0. The Hall–Kier alpha value is -0.160. The molecule has 0 saturated carbocycles. The van der Waals surface area contributed by atoms with Crippen molar-refractivity contribution >= 4 is 0 Å². The van der Waals surface area contributed by atoms with Crippen molar-refractivity contribution in [3.8, 4) is 0 Å². The fourth-order valence-electron chi connectivity index (χ4n) is 2.07. The highest BCUT2D eigenvalue weighted by molar-refractivity contribution is 4.73. The Kier molecular flexibility index (Phi) is 6.96. The number of ether oxygens (including phenoxy) is 2. The average Bonchev–Trinajstić information content (AvgIpc) is 2.31. The van der Waals surface area contributed by atoms with Crippen LogP contribution in [0.1, 0.15) is 13.3 Å². The van der Waals surface area contributed by atoms with E-state index in [-0.39, 0.29) is 0 Å². The Morgan fingerprint density at radius 3 is 2.25 bits per heavy atom. The van der Waals surface area contributed by atoms with Crippen LogP contribution in [0.25, 0.3) is 0 Å². The Morgan fingerprint density at radius 2 is 1.69 bits per heavy atom. The smallest absolute Gasteiger partial charge is 0.0670 e. The fourth-order valence-corrected chi connectivity index (χ4v) is 2.07. The summed E-state index contributed by atoms with van der Waals surface area (Å²) in [6, 6.07) is 0. The highest BCUT2D eigenvalue weighted by atomic mass is 16.5. The first-order chi connectivity index (χ1) is 7.76. The minimum Gasteiger partial charge on any atom is -0.385 e. The Bertz CT molecular complexity index is 170. The molecule has 1 aliphatic heterocycles. The third-order valence-corrected chi connectivity index (χ3v) is 3.21. The Labute approximate surface area is 99.5 Å². The van der Waals surface area contributed by atoms with Crippen LogP contribution < -0.4 is 0 Å². The Balaban J connectivity index is 2.08. The molecule has 4 heteroatoms. The first-order valence-electron chi connectivity index (χ1n) is 6.22. The van der Waals surface area contributed by atoms with E-state index < -0.39 is 0 Å². The first kappa shape index (κ1) is 13.9. The summed E-state index contributed by atoms with van der Waals surface area (Å²) in [6.07, 6.45) is 1.49. The SMILES string of the molecule is COCCCN1CCN(CC(C)OC)CC1. The van der Waals surface area contributed by atoms with Crippen LogP contribution in [0.4, 0.5) is 0 Å². The van der Waals surface area contributed by atoms with Gasteiger partial charge in [-0.1, -0.05) is 0 Å². The summed E-state index contributed by atoms with van der Waals surface area (Å²) >= 11 is 0. The minimum atomic E-state index is 0.347. The maximum atomic E-state index is 5.29. The lowest BCUT2D eigenvalue weighted by Crippen LogP contribution is -2.48. The largest absolute Gasteiger partial charge is 0.385 e. The zero-order chi connectivity index (χ0) is 11.8. The van der Waals surface area contributed by atoms with E-state index >= 15 is 0 Å². The van der Waals surface area contributed by atoms with E-state index in [1.165, 1.54) is 32.7 Å². The van der Waals surface area contributed by atoms with Crippen LogP contribution >= 0.6 is 0 Å². The molecular weight excluding hydrogens is 204 g/mol. The van der Waals surface area contributed by atoms with Crippen molar-refractivity contribution in [3.05, 3.63) is 0 Å². The molecule has 0 aromatic carbocycles. The molecule has 1 atom stereocenters. The number of hydrogen-bond donors (Lipinski definition) is 0. The van der Waals surface area contributed by atoms with E-state index in [0.29, 0.717) is 6.10 Å². The van der Waals surface area contributed by atoms with Gasteiger partial charge in [0.2, 0.25) is 0 Å². The van der Waals surface area contributed by atoms with Crippen molar-refractivity contribution in [1.82, 2.24) is 9.80 Å². The van der Waals surface area contributed by atoms with Crippen LogP contribution in [-0.2, 0) is 9.47 Å². The molecule has 0 aliphatic carbocycles. The molecule has 1 fully saturated rings. The van der Waals surface area contributed by atoms with Gasteiger partial charge in [-0.2, -0.15) is 0 Å². The van der Waals surface area contributed by atoms with Gasteiger partial charge in [-0.15, -0.1) is 0 Å². The molecule has 1 unspecified atom stereocenters. The van der Waals surface area contributed by atoms with E-state index in [9.17, 15) is 0 Å².